The second-order valence-corrected chi connectivity index (χ2v) is 19.5. The molecule has 3 saturated heterocycles. The Kier molecular flexibility index (Phi) is 12.8. The number of carbonyl (C=O) groups is 5. The summed E-state index contributed by atoms with van der Waals surface area (Å²) in [7, 11) is -3.35. The molecule has 332 valence electrons. The number of hydrogen-bond donors (Lipinski definition) is 3. The fourth-order valence-corrected chi connectivity index (χ4v) is 10.3. The highest BCUT2D eigenvalue weighted by Crippen LogP contribution is 2.37. The number of piperidine rings is 2. The molecule has 0 saturated carbocycles. The zero-order valence-electron chi connectivity index (χ0n) is 35.2. The van der Waals surface area contributed by atoms with Gasteiger partial charge in [0.2, 0.25) is 27.7 Å². The monoisotopic (exact) mass is 897 g/mol. The number of sulfonamides is 1. The van der Waals surface area contributed by atoms with Crippen molar-refractivity contribution in [2.75, 3.05) is 46.0 Å². The van der Waals surface area contributed by atoms with Gasteiger partial charge in [0.1, 0.15) is 23.4 Å². The summed E-state index contributed by atoms with van der Waals surface area (Å²) in [5.74, 6) is -2.23. The highest BCUT2D eigenvalue weighted by atomic mass is 32.2. The standard InChI is InChI=1S/C45H51N7O9S2/c1-27(2)63(58,59)50-17-13-31(14-18-50)51-26-34(29-5-3-6-30(24-29)41(46)62)32-10-9-28(23-37(32)51)25-47-42(54)35-15-16-49(35)19-20-60-21-22-61-38-8-4-7-33-40(38)45(57)52(44(33)56)36-11-12-39(53)48-43(36)55/h3-10,23-24,26-27,31,35-36H,11-22,25H2,1-2H3,(H2,46,62)(H,47,54)(H,48,53,55). The third kappa shape index (κ3) is 8.87. The van der Waals surface area contributed by atoms with Crippen molar-refractivity contribution in [2.24, 2.45) is 5.73 Å². The molecule has 4 N–H and O–H groups in total. The summed E-state index contributed by atoms with van der Waals surface area (Å²) in [6.07, 6.45) is 4.29. The zero-order chi connectivity index (χ0) is 44.6. The summed E-state index contributed by atoms with van der Waals surface area (Å²) in [4.78, 5) is 67.2. The molecule has 2 atom stereocenters. The number of fused-ring (bicyclic) bond motifs is 2. The molecule has 0 radical (unpaired) electrons. The van der Waals surface area contributed by atoms with Gasteiger partial charge in [-0.05, 0) is 74.9 Å². The number of hydrogen-bond acceptors (Lipinski definition) is 11. The highest BCUT2D eigenvalue weighted by molar-refractivity contribution is 7.89. The van der Waals surface area contributed by atoms with E-state index in [0.717, 1.165) is 51.0 Å². The molecule has 63 heavy (non-hydrogen) atoms. The predicted molar refractivity (Wildman–Crippen MR) is 238 cm³/mol. The minimum absolute atomic E-state index is 0.0314. The van der Waals surface area contributed by atoms with Crippen LogP contribution in [0.3, 0.4) is 0 Å². The van der Waals surface area contributed by atoms with E-state index in [-0.39, 0.29) is 60.9 Å². The molecular formula is C45H51N7O9S2. The number of nitrogens with one attached hydrogen (secondary N) is 2. The summed E-state index contributed by atoms with van der Waals surface area (Å²) < 4.78 is 41.4. The molecule has 5 heterocycles. The van der Waals surface area contributed by atoms with E-state index in [1.54, 1.807) is 30.3 Å². The topological polar surface area (TPSA) is 203 Å². The molecule has 0 spiro atoms. The van der Waals surface area contributed by atoms with Crippen LogP contribution in [0.5, 0.6) is 5.75 Å². The van der Waals surface area contributed by atoms with Crippen molar-refractivity contribution in [3.05, 3.63) is 89.1 Å². The van der Waals surface area contributed by atoms with Gasteiger partial charge in [0, 0.05) is 73.4 Å². The van der Waals surface area contributed by atoms with Gasteiger partial charge >= 0.3 is 0 Å². The first-order valence-electron chi connectivity index (χ1n) is 21.3. The molecule has 8 rings (SSSR count). The van der Waals surface area contributed by atoms with Gasteiger partial charge in [0.25, 0.3) is 11.8 Å². The summed E-state index contributed by atoms with van der Waals surface area (Å²) in [5.41, 5.74) is 10.9. The molecule has 4 aliphatic rings. The summed E-state index contributed by atoms with van der Waals surface area (Å²) >= 11 is 5.27. The number of carbonyl (C=O) groups excluding carboxylic acids is 5. The molecule has 0 aliphatic carbocycles. The van der Waals surface area contributed by atoms with Gasteiger partial charge in [-0.3, -0.25) is 39.1 Å². The smallest absolute Gasteiger partial charge is 0.266 e. The van der Waals surface area contributed by atoms with E-state index >= 15 is 0 Å². The molecule has 4 aromatic rings. The van der Waals surface area contributed by atoms with Crippen LogP contribution in [-0.2, 0) is 35.7 Å². The average molecular weight is 898 g/mol. The molecular weight excluding hydrogens is 847 g/mol. The third-order valence-corrected chi connectivity index (χ3v) is 15.0. The van der Waals surface area contributed by atoms with Crippen molar-refractivity contribution in [1.82, 2.24) is 29.3 Å². The lowest BCUT2D eigenvalue weighted by Gasteiger charge is -2.39. The molecule has 5 amide bonds. The van der Waals surface area contributed by atoms with Crippen LogP contribution in [0.25, 0.3) is 22.0 Å². The SMILES string of the molecule is CC(C)S(=O)(=O)N1CCC(n2cc(-c3cccc(C(N)=S)c3)c3ccc(CNC(=O)C4CCN4CCOCCOc4cccc5c4C(=O)N(C4CCC(=O)NC4=O)C5=O)cc32)CC1. The van der Waals surface area contributed by atoms with Crippen LogP contribution < -0.4 is 21.1 Å². The second-order valence-electron chi connectivity index (χ2n) is 16.6. The van der Waals surface area contributed by atoms with Crippen LogP contribution in [0.4, 0.5) is 0 Å². The molecule has 16 nitrogen and oxygen atoms in total. The number of amides is 5. The zero-order valence-corrected chi connectivity index (χ0v) is 36.8. The van der Waals surface area contributed by atoms with Crippen molar-refractivity contribution in [3.63, 3.8) is 0 Å². The normalized spacial score (nSPS) is 20.0. The fraction of sp³-hybridized carbons (Fsp3) is 0.422. The first-order valence-corrected chi connectivity index (χ1v) is 23.2. The number of imide groups is 2. The van der Waals surface area contributed by atoms with Crippen molar-refractivity contribution in [2.45, 2.75) is 75.9 Å². The van der Waals surface area contributed by atoms with Crippen molar-refractivity contribution >= 4 is 67.7 Å². The highest BCUT2D eigenvalue weighted by Gasteiger charge is 2.46. The molecule has 1 aromatic heterocycles. The van der Waals surface area contributed by atoms with E-state index < -0.39 is 44.9 Å². The Morgan fingerprint density at radius 2 is 1.70 bits per heavy atom. The Hall–Kier alpha value is -5.53. The summed E-state index contributed by atoms with van der Waals surface area (Å²) in [6.45, 7) is 6.57. The lowest BCUT2D eigenvalue weighted by atomic mass is 10.0. The molecule has 2 unspecified atom stereocenters. The van der Waals surface area contributed by atoms with Crippen LogP contribution in [0.15, 0.2) is 66.9 Å². The average Bonchev–Trinajstić information content (AvgIpc) is 3.76. The van der Waals surface area contributed by atoms with E-state index in [0.29, 0.717) is 50.6 Å². The summed E-state index contributed by atoms with van der Waals surface area (Å²) in [5, 5.41) is 5.88. The molecule has 3 fully saturated rings. The van der Waals surface area contributed by atoms with E-state index in [1.165, 1.54) is 6.07 Å². The maximum atomic E-state index is 13.4. The Morgan fingerprint density at radius 3 is 2.41 bits per heavy atom. The first-order chi connectivity index (χ1) is 30.2. The second kappa shape index (κ2) is 18.3. The van der Waals surface area contributed by atoms with E-state index in [2.05, 4.69) is 38.4 Å². The van der Waals surface area contributed by atoms with Crippen molar-refractivity contribution in [1.29, 1.82) is 0 Å². The minimum Gasteiger partial charge on any atom is -0.490 e. The van der Waals surface area contributed by atoms with Gasteiger partial charge in [0.15, 0.2) is 0 Å². The lowest BCUT2D eigenvalue weighted by molar-refractivity contribution is -0.136. The maximum Gasteiger partial charge on any atom is 0.266 e. The fourth-order valence-electron chi connectivity index (χ4n) is 8.86. The molecule has 4 aliphatic heterocycles. The van der Waals surface area contributed by atoms with Crippen LogP contribution in [-0.4, -0.2) is 125 Å². The van der Waals surface area contributed by atoms with Crippen molar-refractivity contribution in [3.8, 4) is 16.9 Å². The number of likely N-dealkylation sites (tertiary alicyclic amines) is 1. The molecule has 18 heteroatoms. The Balaban J connectivity index is 0.850. The maximum absolute atomic E-state index is 13.4. The van der Waals surface area contributed by atoms with Gasteiger partial charge in [-0.15, -0.1) is 0 Å². The van der Waals surface area contributed by atoms with Gasteiger partial charge in [-0.25, -0.2) is 12.7 Å². The predicted octanol–water partition coefficient (Wildman–Crippen LogP) is 3.50. The largest absolute Gasteiger partial charge is 0.490 e. The molecule has 0 bridgehead atoms. The van der Waals surface area contributed by atoms with E-state index in [1.807, 2.05) is 30.3 Å². The lowest BCUT2D eigenvalue weighted by Crippen LogP contribution is -2.56. The Morgan fingerprint density at radius 1 is 0.921 bits per heavy atom. The Labute approximate surface area is 371 Å². The van der Waals surface area contributed by atoms with Crippen LogP contribution in [0, 0.1) is 0 Å². The number of nitrogens with two attached hydrogens (primary N) is 1. The van der Waals surface area contributed by atoms with Crippen LogP contribution >= 0.6 is 12.2 Å². The van der Waals surface area contributed by atoms with Crippen LogP contribution in [0.2, 0.25) is 0 Å². The number of nitrogens with zero attached hydrogens (tertiary/aromatic N) is 4. The van der Waals surface area contributed by atoms with Crippen LogP contribution in [0.1, 0.15) is 83.8 Å². The number of ether oxygens (including phenoxy) is 2. The minimum atomic E-state index is -3.35. The third-order valence-electron chi connectivity index (χ3n) is 12.5. The van der Waals surface area contributed by atoms with Gasteiger partial charge in [0.05, 0.1) is 35.6 Å². The van der Waals surface area contributed by atoms with Gasteiger partial charge in [-0.1, -0.05) is 48.6 Å². The van der Waals surface area contributed by atoms with E-state index in [9.17, 15) is 32.4 Å². The Bertz CT molecular complexity index is 2600. The summed E-state index contributed by atoms with van der Waals surface area (Å²) in [6, 6.07) is 17.5. The number of rotatable bonds is 16. The van der Waals surface area contributed by atoms with E-state index in [4.69, 9.17) is 27.4 Å². The first kappa shape index (κ1) is 44.1. The van der Waals surface area contributed by atoms with Gasteiger partial charge < -0.3 is 25.1 Å². The molecule has 3 aromatic carbocycles. The number of aromatic nitrogens is 1. The van der Waals surface area contributed by atoms with Crippen molar-refractivity contribution < 1.29 is 41.9 Å². The number of thiocarbonyl (C=S) groups is 1. The number of benzene rings is 3. The van der Waals surface area contributed by atoms with Gasteiger partial charge in [-0.2, -0.15) is 0 Å². The quantitative estimate of drug-likeness (QED) is 0.0841.